The highest BCUT2D eigenvalue weighted by Crippen LogP contribution is 2.34. The predicted octanol–water partition coefficient (Wildman–Crippen LogP) is 3.30. The van der Waals surface area contributed by atoms with Crippen LogP contribution >= 0.6 is 23.2 Å². The number of anilines is 1. The standard InChI is InChI=1S/C13H14Cl2N2O3S/c1-8-9(5-6-20-8)7-17(2)21(18,19)11-4-3-10(14)13(16)12(11)15/h3-6H,7,16H2,1-2H3. The monoisotopic (exact) mass is 348 g/mol. The van der Waals surface area contributed by atoms with E-state index in [0.717, 1.165) is 5.56 Å². The Kier molecular flexibility index (Phi) is 4.53. The molecular formula is C13H14Cl2N2O3S. The van der Waals surface area contributed by atoms with E-state index < -0.39 is 10.0 Å². The van der Waals surface area contributed by atoms with Crippen LogP contribution in [-0.4, -0.2) is 19.8 Å². The zero-order chi connectivity index (χ0) is 15.8. The summed E-state index contributed by atoms with van der Waals surface area (Å²) in [5, 5.41) is 0.144. The molecule has 0 atom stereocenters. The number of furan rings is 1. The number of benzene rings is 1. The van der Waals surface area contributed by atoms with E-state index in [0.29, 0.717) is 5.76 Å². The minimum Gasteiger partial charge on any atom is -0.469 e. The number of aryl methyl sites for hydroxylation is 1. The highest BCUT2D eigenvalue weighted by atomic mass is 35.5. The Bertz CT molecular complexity index is 772. The molecule has 0 unspecified atom stereocenters. The molecule has 1 aromatic heterocycles. The summed E-state index contributed by atoms with van der Waals surface area (Å²) in [7, 11) is -2.32. The number of nitrogen functional groups attached to an aromatic ring is 1. The summed E-state index contributed by atoms with van der Waals surface area (Å²) in [6, 6.07) is 4.47. The minimum absolute atomic E-state index is 0.0484. The summed E-state index contributed by atoms with van der Waals surface area (Å²) in [6.45, 7) is 1.94. The van der Waals surface area contributed by atoms with Crippen LogP contribution in [0.4, 0.5) is 5.69 Å². The Labute approximate surface area is 133 Å². The topological polar surface area (TPSA) is 76.5 Å². The van der Waals surface area contributed by atoms with Gasteiger partial charge < -0.3 is 10.2 Å². The van der Waals surface area contributed by atoms with Crippen molar-refractivity contribution in [1.29, 1.82) is 0 Å². The van der Waals surface area contributed by atoms with Gasteiger partial charge in [-0.05, 0) is 25.1 Å². The van der Waals surface area contributed by atoms with Crippen molar-refractivity contribution in [1.82, 2.24) is 4.31 Å². The summed E-state index contributed by atoms with van der Waals surface area (Å²) in [5.41, 5.74) is 6.50. The summed E-state index contributed by atoms with van der Waals surface area (Å²) in [5.74, 6) is 0.666. The van der Waals surface area contributed by atoms with E-state index in [1.807, 2.05) is 0 Å². The molecule has 8 heteroatoms. The van der Waals surface area contributed by atoms with Crippen LogP contribution in [0.25, 0.3) is 0 Å². The van der Waals surface area contributed by atoms with E-state index in [1.54, 1.807) is 13.0 Å². The van der Waals surface area contributed by atoms with Gasteiger partial charge in [0.1, 0.15) is 10.7 Å². The van der Waals surface area contributed by atoms with Gasteiger partial charge in [-0.1, -0.05) is 23.2 Å². The maximum absolute atomic E-state index is 12.6. The first-order chi connectivity index (χ1) is 9.75. The van der Waals surface area contributed by atoms with Crippen molar-refractivity contribution < 1.29 is 12.8 Å². The second-order valence-electron chi connectivity index (χ2n) is 4.54. The van der Waals surface area contributed by atoms with Crippen molar-refractivity contribution in [2.75, 3.05) is 12.8 Å². The molecule has 1 aromatic carbocycles. The molecule has 0 aliphatic carbocycles. The molecule has 2 rings (SSSR count). The van der Waals surface area contributed by atoms with Crippen molar-refractivity contribution in [3.63, 3.8) is 0 Å². The quantitative estimate of drug-likeness (QED) is 0.860. The molecule has 0 fully saturated rings. The molecular weight excluding hydrogens is 335 g/mol. The van der Waals surface area contributed by atoms with Gasteiger partial charge in [0.05, 0.1) is 22.0 Å². The van der Waals surface area contributed by atoms with Gasteiger partial charge in [-0.3, -0.25) is 0 Å². The van der Waals surface area contributed by atoms with Crippen LogP contribution in [0.15, 0.2) is 33.8 Å². The Hall–Kier alpha value is -1.21. The third-order valence-electron chi connectivity index (χ3n) is 3.14. The van der Waals surface area contributed by atoms with Crippen LogP contribution in [0.5, 0.6) is 0 Å². The molecule has 1 heterocycles. The lowest BCUT2D eigenvalue weighted by Gasteiger charge is -2.18. The van der Waals surface area contributed by atoms with Crippen LogP contribution in [0, 0.1) is 6.92 Å². The molecule has 2 aromatic rings. The second kappa shape index (κ2) is 5.88. The highest BCUT2D eigenvalue weighted by molar-refractivity contribution is 7.89. The van der Waals surface area contributed by atoms with Crippen molar-refractivity contribution in [2.45, 2.75) is 18.4 Å². The molecule has 5 nitrogen and oxygen atoms in total. The molecule has 0 spiro atoms. The number of hydrogen-bond acceptors (Lipinski definition) is 4. The SMILES string of the molecule is Cc1occc1CN(C)S(=O)(=O)c1ccc(Cl)c(N)c1Cl. The molecule has 0 saturated carbocycles. The molecule has 0 aliphatic rings. The largest absolute Gasteiger partial charge is 0.469 e. The number of sulfonamides is 1. The summed E-state index contributed by atoms with van der Waals surface area (Å²) in [6.07, 6.45) is 1.51. The third-order valence-corrected chi connectivity index (χ3v) is 5.83. The van der Waals surface area contributed by atoms with Gasteiger partial charge in [0.15, 0.2) is 0 Å². The zero-order valence-electron chi connectivity index (χ0n) is 11.4. The molecule has 0 saturated heterocycles. The Balaban J connectivity index is 2.38. The molecule has 21 heavy (non-hydrogen) atoms. The first-order valence-corrected chi connectivity index (χ1v) is 8.17. The minimum atomic E-state index is -3.78. The Morgan fingerprint density at radius 1 is 1.29 bits per heavy atom. The van der Waals surface area contributed by atoms with Gasteiger partial charge >= 0.3 is 0 Å². The number of nitrogens with two attached hydrogens (primary N) is 1. The van der Waals surface area contributed by atoms with Gasteiger partial charge in [0, 0.05) is 19.2 Å². The lowest BCUT2D eigenvalue weighted by molar-refractivity contribution is 0.459. The summed E-state index contributed by atoms with van der Waals surface area (Å²) >= 11 is 11.8. The number of nitrogens with zero attached hydrogens (tertiary/aromatic N) is 1. The van der Waals surface area contributed by atoms with Crippen LogP contribution in [-0.2, 0) is 16.6 Å². The van der Waals surface area contributed by atoms with Crippen LogP contribution in [0.1, 0.15) is 11.3 Å². The molecule has 2 N–H and O–H groups in total. The summed E-state index contributed by atoms with van der Waals surface area (Å²) < 4.78 is 31.5. The van der Waals surface area contributed by atoms with E-state index in [1.165, 1.54) is 29.7 Å². The fraction of sp³-hybridized carbons (Fsp3) is 0.231. The van der Waals surface area contributed by atoms with Crippen molar-refractivity contribution in [2.24, 2.45) is 0 Å². The molecule has 0 radical (unpaired) electrons. The maximum atomic E-state index is 12.6. The maximum Gasteiger partial charge on any atom is 0.244 e. The lowest BCUT2D eigenvalue weighted by Crippen LogP contribution is -2.27. The Morgan fingerprint density at radius 3 is 2.52 bits per heavy atom. The van der Waals surface area contributed by atoms with Crippen LogP contribution in [0.3, 0.4) is 0 Å². The van der Waals surface area contributed by atoms with Gasteiger partial charge in [0.25, 0.3) is 0 Å². The summed E-state index contributed by atoms with van der Waals surface area (Å²) in [4.78, 5) is -0.0743. The van der Waals surface area contributed by atoms with Crippen LogP contribution < -0.4 is 5.73 Å². The average Bonchev–Trinajstić information content (AvgIpc) is 2.81. The highest BCUT2D eigenvalue weighted by Gasteiger charge is 2.26. The fourth-order valence-electron chi connectivity index (χ4n) is 1.82. The number of halogens is 2. The smallest absolute Gasteiger partial charge is 0.244 e. The van der Waals surface area contributed by atoms with Crippen LogP contribution in [0.2, 0.25) is 10.0 Å². The predicted molar refractivity (Wildman–Crippen MR) is 83.0 cm³/mol. The molecule has 0 amide bonds. The number of rotatable bonds is 4. The first-order valence-electron chi connectivity index (χ1n) is 5.98. The zero-order valence-corrected chi connectivity index (χ0v) is 13.8. The molecule has 114 valence electrons. The van der Waals surface area contributed by atoms with Gasteiger partial charge in [-0.15, -0.1) is 0 Å². The lowest BCUT2D eigenvalue weighted by atomic mass is 10.3. The van der Waals surface area contributed by atoms with Crippen molar-refractivity contribution >= 4 is 38.9 Å². The number of hydrogen-bond donors (Lipinski definition) is 1. The average molecular weight is 349 g/mol. The van der Waals surface area contributed by atoms with E-state index in [9.17, 15) is 8.42 Å². The van der Waals surface area contributed by atoms with E-state index in [4.69, 9.17) is 33.4 Å². The van der Waals surface area contributed by atoms with Gasteiger partial charge in [0.2, 0.25) is 10.0 Å². The second-order valence-corrected chi connectivity index (χ2v) is 7.33. The fourth-order valence-corrected chi connectivity index (χ4v) is 3.70. The van der Waals surface area contributed by atoms with Gasteiger partial charge in [-0.25, -0.2) is 8.42 Å². The Morgan fingerprint density at radius 2 is 1.95 bits per heavy atom. The first kappa shape index (κ1) is 16.2. The molecule has 0 aliphatic heterocycles. The normalized spacial score (nSPS) is 12.0. The third kappa shape index (κ3) is 3.03. The van der Waals surface area contributed by atoms with E-state index in [-0.39, 0.29) is 27.2 Å². The molecule has 0 bridgehead atoms. The van der Waals surface area contributed by atoms with E-state index >= 15 is 0 Å². The van der Waals surface area contributed by atoms with Crippen molar-refractivity contribution in [3.8, 4) is 0 Å². The van der Waals surface area contributed by atoms with E-state index in [2.05, 4.69) is 0 Å². The van der Waals surface area contributed by atoms with Gasteiger partial charge in [-0.2, -0.15) is 4.31 Å². The van der Waals surface area contributed by atoms with Crippen molar-refractivity contribution in [3.05, 3.63) is 45.8 Å².